The lowest BCUT2D eigenvalue weighted by Crippen LogP contribution is -2.31. The number of nitrogens with zero attached hydrogens (tertiary/aromatic N) is 1. The van der Waals surface area contributed by atoms with Gasteiger partial charge in [0.15, 0.2) is 0 Å². The first-order valence-corrected chi connectivity index (χ1v) is 11.0. The Labute approximate surface area is 173 Å². The molecule has 158 valence electrons. The predicted molar refractivity (Wildman–Crippen MR) is 116 cm³/mol. The van der Waals surface area contributed by atoms with E-state index >= 15 is 0 Å². The fraction of sp³-hybridized carbons (Fsp3) is 0.381. The van der Waals surface area contributed by atoms with E-state index in [4.69, 9.17) is 4.74 Å². The first kappa shape index (κ1) is 22.9. The number of amides is 1. The minimum atomic E-state index is -3.68. The highest BCUT2D eigenvalue weighted by atomic mass is 32.2. The van der Waals surface area contributed by atoms with E-state index in [0.29, 0.717) is 37.6 Å². The predicted octanol–water partition coefficient (Wildman–Crippen LogP) is 3.34. The summed E-state index contributed by atoms with van der Waals surface area (Å²) in [6.07, 6.45) is 0. The van der Waals surface area contributed by atoms with E-state index in [1.54, 1.807) is 27.0 Å². The molecule has 0 saturated heterocycles. The zero-order valence-electron chi connectivity index (χ0n) is 17.4. The molecular weight excluding hydrogens is 390 g/mol. The van der Waals surface area contributed by atoms with Crippen molar-refractivity contribution in [3.8, 4) is 0 Å². The molecule has 0 atom stereocenters. The van der Waals surface area contributed by atoms with E-state index in [1.807, 2.05) is 31.2 Å². The maximum atomic E-state index is 13.0. The van der Waals surface area contributed by atoms with Crippen molar-refractivity contribution >= 4 is 27.3 Å². The normalized spacial score (nSPS) is 11.5. The van der Waals surface area contributed by atoms with Crippen LogP contribution in [0.5, 0.6) is 0 Å². The van der Waals surface area contributed by atoms with Crippen molar-refractivity contribution in [3.05, 3.63) is 53.6 Å². The van der Waals surface area contributed by atoms with Gasteiger partial charge in [-0.1, -0.05) is 32.0 Å². The molecule has 0 fully saturated rings. The number of hydrogen-bond donors (Lipinski definition) is 2. The molecule has 2 rings (SSSR count). The SMILES string of the molecule is CCN(CC)S(=O)(=O)c1ccc(NCCOC)c(C(=O)Nc2ccccc2C)c1. The second-order valence-corrected chi connectivity index (χ2v) is 8.42. The van der Waals surface area contributed by atoms with Gasteiger partial charge in [0, 0.05) is 38.1 Å². The molecule has 0 aliphatic heterocycles. The van der Waals surface area contributed by atoms with E-state index in [-0.39, 0.29) is 16.4 Å². The van der Waals surface area contributed by atoms with Crippen LogP contribution in [0.25, 0.3) is 0 Å². The first-order chi connectivity index (χ1) is 13.8. The van der Waals surface area contributed by atoms with E-state index in [0.717, 1.165) is 5.56 Å². The third kappa shape index (κ3) is 5.56. The molecule has 2 N–H and O–H groups in total. The van der Waals surface area contributed by atoms with Gasteiger partial charge < -0.3 is 15.4 Å². The largest absolute Gasteiger partial charge is 0.383 e. The van der Waals surface area contributed by atoms with Crippen molar-refractivity contribution < 1.29 is 17.9 Å². The summed E-state index contributed by atoms with van der Waals surface area (Å²) in [5.41, 5.74) is 2.41. The highest BCUT2D eigenvalue weighted by Crippen LogP contribution is 2.25. The number of benzene rings is 2. The van der Waals surface area contributed by atoms with E-state index < -0.39 is 10.0 Å². The average molecular weight is 420 g/mol. The Balaban J connectivity index is 2.44. The summed E-state index contributed by atoms with van der Waals surface area (Å²) in [7, 11) is -2.09. The molecule has 0 heterocycles. The number of ether oxygens (including phenoxy) is 1. The van der Waals surface area contributed by atoms with Crippen LogP contribution in [0, 0.1) is 6.92 Å². The maximum absolute atomic E-state index is 13.0. The van der Waals surface area contributed by atoms with E-state index in [2.05, 4.69) is 10.6 Å². The molecule has 2 aromatic carbocycles. The summed E-state index contributed by atoms with van der Waals surface area (Å²) >= 11 is 0. The highest BCUT2D eigenvalue weighted by Gasteiger charge is 2.24. The molecular formula is C21H29N3O4S. The Morgan fingerprint density at radius 2 is 1.76 bits per heavy atom. The Morgan fingerprint density at radius 1 is 1.07 bits per heavy atom. The lowest BCUT2D eigenvalue weighted by atomic mass is 10.1. The Bertz CT molecular complexity index is 941. The lowest BCUT2D eigenvalue weighted by Gasteiger charge is -2.20. The topological polar surface area (TPSA) is 87.7 Å². The number of methoxy groups -OCH3 is 1. The van der Waals surface area contributed by atoms with E-state index in [1.165, 1.54) is 16.4 Å². The molecule has 0 spiro atoms. The molecule has 0 aliphatic carbocycles. The maximum Gasteiger partial charge on any atom is 0.257 e. The summed E-state index contributed by atoms with van der Waals surface area (Å²) in [5, 5.41) is 6.01. The highest BCUT2D eigenvalue weighted by molar-refractivity contribution is 7.89. The van der Waals surface area contributed by atoms with Gasteiger partial charge in [-0.3, -0.25) is 4.79 Å². The van der Waals surface area contributed by atoms with Crippen LogP contribution in [0.4, 0.5) is 11.4 Å². The monoisotopic (exact) mass is 419 g/mol. The smallest absolute Gasteiger partial charge is 0.257 e. The number of carbonyl (C=O) groups is 1. The van der Waals surface area contributed by atoms with Crippen LogP contribution in [0.15, 0.2) is 47.4 Å². The number of hydrogen-bond acceptors (Lipinski definition) is 5. The summed E-state index contributed by atoms with van der Waals surface area (Å²) in [4.78, 5) is 13.1. The quantitative estimate of drug-likeness (QED) is 0.577. The van der Waals surface area contributed by atoms with Gasteiger partial charge in [0.25, 0.3) is 5.91 Å². The summed E-state index contributed by atoms with van der Waals surface area (Å²) in [6, 6.07) is 12.0. The average Bonchev–Trinajstić information content (AvgIpc) is 2.70. The van der Waals surface area contributed by atoms with Crippen LogP contribution in [0.2, 0.25) is 0 Å². The fourth-order valence-electron chi connectivity index (χ4n) is 2.93. The molecule has 0 saturated carbocycles. The van der Waals surface area contributed by atoms with Crippen LogP contribution >= 0.6 is 0 Å². The van der Waals surface area contributed by atoms with Gasteiger partial charge in [-0.2, -0.15) is 4.31 Å². The number of anilines is 2. The van der Waals surface area contributed by atoms with Gasteiger partial charge in [0.1, 0.15) is 0 Å². The van der Waals surface area contributed by atoms with E-state index in [9.17, 15) is 13.2 Å². The van der Waals surface area contributed by atoms with Crippen LogP contribution in [-0.4, -0.2) is 52.0 Å². The van der Waals surface area contributed by atoms with Crippen LogP contribution < -0.4 is 10.6 Å². The molecule has 2 aromatic rings. The minimum Gasteiger partial charge on any atom is -0.383 e. The van der Waals surface area contributed by atoms with Crippen LogP contribution in [-0.2, 0) is 14.8 Å². The zero-order chi connectivity index (χ0) is 21.4. The summed E-state index contributed by atoms with van der Waals surface area (Å²) in [5.74, 6) is -0.379. The van der Waals surface area contributed by atoms with Gasteiger partial charge in [0.05, 0.1) is 17.1 Å². The molecule has 29 heavy (non-hydrogen) atoms. The third-order valence-corrected chi connectivity index (χ3v) is 6.64. The molecule has 0 unspecified atom stereocenters. The number of carbonyl (C=O) groups excluding carboxylic acids is 1. The lowest BCUT2D eigenvalue weighted by molar-refractivity contribution is 0.102. The van der Waals surface area contributed by atoms with Gasteiger partial charge >= 0.3 is 0 Å². The van der Waals surface area contributed by atoms with Crippen molar-refractivity contribution in [3.63, 3.8) is 0 Å². The number of para-hydroxylation sites is 1. The number of rotatable bonds is 10. The second-order valence-electron chi connectivity index (χ2n) is 6.49. The zero-order valence-corrected chi connectivity index (χ0v) is 18.2. The number of nitrogens with one attached hydrogen (secondary N) is 2. The Morgan fingerprint density at radius 3 is 2.38 bits per heavy atom. The van der Waals surface area contributed by atoms with Crippen molar-refractivity contribution in [1.29, 1.82) is 0 Å². The Hall–Kier alpha value is -2.42. The Kier molecular flexibility index (Phi) is 8.19. The first-order valence-electron chi connectivity index (χ1n) is 9.59. The molecule has 0 aromatic heterocycles. The second kappa shape index (κ2) is 10.4. The number of aryl methyl sites for hydroxylation is 1. The van der Waals surface area contributed by atoms with Crippen molar-refractivity contribution in [2.45, 2.75) is 25.7 Å². The van der Waals surface area contributed by atoms with Crippen LogP contribution in [0.3, 0.4) is 0 Å². The van der Waals surface area contributed by atoms with Crippen molar-refractivity contribution in [2.75, 3.05) is 44.0 Å². The van der Waals surface area contributed by atoms with Crippen LogP contribution in [0.1, 0.15) is 29.8 Å². The van der Waals surface area contributed by atoms with Gasteiger partial charge in [-0.15, -0.1) is 0 Å². The van der Waals surface area contributed by atoms with Gasteiger partial charge in [-0.25, -0.2) is 8.42 Å². The summed E-state index contributed by atoms with van der Waals surface area (Å²) in [6.45, 7) is 7.13. The number of sulfonamides is 1. The van der Waals surface area contributed by atoms with Gasteiger partial charge in [-0.05, 0) is 36.8 Å². The molecule has 8 heteroatoms. The molecule has 0 aliphatic rings. The molecule has 1 amide bonds. The van der Waals surface area contributed by atoms with Crippen molar-refractivity contribution in [2.24, 2.45) is 0 Å². The van der Waals surface area contributed by atoms with Gasteiger partial charge in [0.2, 0.25) is 10.0 Å². The van der Waals surface area contributed by atoms with Crippen molar-refractivity contribution in [1.82, 2.24) is 4.31 Å². The molecule has 0 radical (unpaired) electrons. The third-order valence-electron chi connectivity index (χ3n) is 4.59. The minimum absolute atomic E-state index is 0.0911. The molecule has 7 nitrogen and oxygen atoms in total. The fourth-order valence-corrected chi connectivity index (χ4v) is 4.41. The summed E-state index contributed by atoms with van der Waals surface area (Å²) < 4.78 is 32.2. The molecule has 0 bridgehead atoms. The standard InChI is InChI=1S/C21H29N3O4S/c1-5-24(6-2)29(26,27)17-11-12-20(22-13-14-28-4)18(15-17)21(25)23-19-10-8-7-9-16(19)3/h7-12,15,22H,5-6,13-14H2,1-4H3,(H,23,25).